The van der Waals surface area contributed by atoms with Crippen LogP contribution >= 0.6 is 0 Å². The maximum Gasteiger partial charge on any atom is 0.219 e. The molecule has 0 N–H and O–H groups in total. The lowest BCUT2D eigenvalue weighted by Gasteiger charge is -2.32. The minimum Gasteiger partial charge on any atom is -0.343 e. The van der Waals surface area contributed by atoms with Gasteiger partial charge in [0, 0.05) is 39.5 Å². The van der Waals surface area contributed by atoms with E-state index in [4.69, 9.17) is 0 Å². The van der Waals surface area contributed by atoms with Gasteiger partial charge in [-0.1, -0.05) is 6.07 Å². The molecule has 0 aromatic carbocycles. The Morgan fingerprint density at radius 1 is 1.36 bits per heavy atom. The highest BCUT2D eigenvalue weighted by Gasteiger charge is 2.23. The van der Waals surface area contributed by atoms with Crippen LogP contribution in [-0.4, -0.2) is 38.7 Å². The number of aromatic nitrogens is 3. The SMILES string of the molecule is CC(=O)N1CCC[C@H](Cc2cccnc2-c2ccnn2C)C1. The van der Waals surface area contributed by atoms with Crippen LogP contribution in [0, 0.1) is 5.92 Å². The molecule has 3 rings (SSSR count). The zero-order chi connectivity index (χ0) is 15.5. The van der Waals surface area contributed by atoms with Gasteiger partial charge in [0.2, 0.25) is 5.91 Å². The molecule has 1 atom stereocenters. The van der Waals surface area contributed by atoms with Gasteiger partial charge in [-0.25, -0.2) is 0 Å². The Morgan fingerprint density at radius 2 is 2.23 bits per heavy atom. The average Bonchev–Trinajstić information content (AvgIpc) is 2.94. The van der Waals surface area contributed by atoms with Crippen LogP contribution in [0.5, 0.6) is 0 Å². The number of carbonyl (C=O) groups is 1. The summed E-state index contributed by atoms with van der Waals surface area (Å²) in [5.74, 6) is 0.691. The second-order valence-electron chi connectivity index (χ2n) is 6.03. The number of nitrogens with zero attached hydrogens (tertiary/aromatic N) is 4. The first-order chi connectivity index (χ1) is 10.6. The zero-order valence-corrected chi connectivity index (χ0v) is 13.2. The highest BCUT2D eigenvalue weighted by molar-refractivity contribution is 5.73. The van der Waals surface area contributed by atoms with Gasteiger partial charge < -0.3 is 4.90 Å². The topological polar surface area (TPSA) is 51.0 Å². The summed E-state index contributed by atoms with van der Waals surface area (Å²) in [6.07, 6.45) is 6.84. The van der Waals surface area contributed by atoms with Crippen molar-refractivity contribution < 1.29 is 4.79 Å². The van der Waals surface area contributed by atoms with Crippen molar-refractivity contribution >= 4 is 5.91 Å². The van der Waals surface area contributed by atoms with Crippen molar-refractivity contribution in [3.8, 4) is 11.4 Å². The molecule has 0 bridgehead atoms. The van der Waals surface area contributed by atoms with E-state index in [9.17, 15) is 4.79 Å². The number of rotatable bonds is 3. The standard InChI is InChI=1S/C17H22N4O/c1-13(22)21-10-4-5-14(12-21)11-15-6-3-8-18-17(15)16-7-9-19-20(16)2/h3,6-9,14H,4-5,10-12H2,1-2H3/t14-/m1/s1. The minimum atomic E-state index is 0.183. The molecule has 0 spiro atoms. The molecule has 1 saturated heterocycles. The highest BCUT2D eigenvalue weighted by atomic mass is 16.2. The van der Waals surface area contributed by atoms with Crippen LogP contribution in [0.3, 0.4) is 0 Å². The normalized spacial score (nSPS) is 18.5. The van der Waals surface area contributed by atoms with Crippen LogP contribution in [0.15, 0.2) is 30.6 Å². The smallest absolute Gasteiger partial charge is 0.219 e. The summed E-state index contributed by atoms with van der Waals surface area (Å²) < 4.78 is 1.86. The summed E-state index contributed by atoms with van der Waals surface area (Å²) in [4.78, 5) is 18.1. The second-order valence-corrected chi connectivity index (χ2v) is 6.03. The molecule has 0 aliphatic carbocycles. The predicted octanol–water partition coefficient (Wildman–Crippen LogP) is 2.28. The molecule has 1 aliphatic heterocycles. The van der Waals surface area contributed by atoms with Crippen LogP contribution in [-0.2, 0) is 18.3 Å². The van der Waals surface area contributed by atoms with Crippen LogP contribution in [0.25, 0.3) is 11.4 Å². The van der Waals surface area contributed by atoms with Crippen molar-refractivity contribution in [3.05, 3.63) is 36.2 Å². The first kappa shape index (κ1) is 14.8. The molecule has 116 valence electrons. The Hall–Kier alpha value is -2.17. The van der Waals surface area contributed by atoms with Crippen molar-refractivity contribution in [2.45, 2.75) is 26.2 Å². The first-order valence-electron chi connectivity index (χ1n) is 7.83. The van der Waals surface area contributed by atoms with Crippen LogP contribution in [0.4, 0.5) is 0 Å². The predicted molar refractivity (Wildman–Crippen MR) is 85.1 cm³/mol. The molecule has 1 fully saturated rings. The fourth-order valence-corrected chi connectivity index (χ4v) is 3.27. The van der Waals surface area contributed by atoms with Crippen LogP contribution < -0.4 is 0 Å². The fraction of sp³-hybridized carbons (Fsp3) is 0.471. The van der Waals surface area contributed by atoms with E-state index < -0.39 is 0 Å². The molecule has 5 heteroatoms. The third kappa shape index (κ3) is 3.03. The largest absolute Gasteiger partial charge is 0.343 e. The van der Waals surface area contributed by atoms with Crippen molar-refractivity contribution in [2.75, 3.05) is 13.1 Å². The summed E-state index contributed by atoms with van der Waals surface area (Å²) in [6, 6.07) is 6.12. The molecule has 0 unspecified atom stereocenters. The number of amides is 1. The van der Waals surface area contributed by atoms with E-state index in [0.717, 1.165) is 37.3 Å². The lowest BCUT2D eigenvalue weighted by Crippen LogP contribution is -2.39. The van der Waals surface area contributed by atoms with Crippen molar-refractivity contribution in [1.29, 1.82) is 0 Å². The summed E-state index contributed by atoms with van der Waals surface area (Å²) >= 11 is 0. The lowest BCUT2D eigenvalue weighted by atomic mass is 9.90. The number of aryl methyl sites for hydroxylation is 1. The van der Waals surface area contributed by atoms with Crippen LogP contribution in [0.2, 0.25) is 0 Å². The maximum atomic E-state index is 11.6. The molecule has 2 aromatic heterocycles. The summed E-state index contributed by atoms with van der Waals surface area (Å²) in [5.41, 5.74) is 3.28. The molecule has 0 radical (unpaired) electrons. The zero-order valence-electron chi connectivity index (χ0n) is 13.2. The van der Waals surface area contributed by atoms with Gasteiger partial charge in [0.05, 0.1) is 11.4 Å². The highest BCUT2D eigenvalue weighted by Crippen LogP contribution is 2.26. The number of piperidine rings is 1. The molecule has 3 heterocycles. The van der Waals surface area contributed by atoms with E-state index in [1.54, 1.807) is 13.1 Å². The summed E-state index contributed by atoms with van der Waals surface area (Å²) in [5, 5.41) is 4.24. The maximum absolute atomic E-state index is 11.6. The number of hydrogen-bond acceptors (Lipinski definition) is 3. The Kier molecular flexibility index (Phi) is 4.22. The number of carbonyl (C=O) groups excluding carboxylic acids is 1. The third-order valence-electron chi connectivity index (χ3n) is 4.43. The van der Waals surface area contributed by atoms with Gasteiger partial charge in [0.1, 0.15) is 0 Å². The Morgan fingerprint density at radius 3 is 2.95 bits per heavy atom. The lowest BCUT2D eigenvalue weighted by molar-refractivity contribution is -0.130. The van der Waals surface area contributed by atoms with Crippen molar-refractivity contribution in [2.24, 2.45) is 13.0 Å². The van der Waals surface area contributed by atoms with Crippen molar-refractivity contribution in [1.82, 2.24) is 19.7 Å². The van der Waals surface area contributed by atoms with Gasteiger partial charge in [-0.3, -0.25) is 14.5 Å². The Labute approximate surface area is 131 Å². The quantitative estimate of drug-likeness (QED) is 0.873. The van der Waals surface area contributed by atoms with Gasteiger partial charge in [0.15, 0.2) is 0 Å². The van der Waals surface area contributed by atoms with Gasteiger partial charge in [-0.05, 0) is 42.9 Å². The number of likely N-dealkylation sites (tertiary alicyclic amines) is 1. The molecular weight excluding hydrogens is 276 g/mol. The van der Waals surface area contributed by atoms with Gasteiger partial charge >= 0.3 is 0 Å². The molecule has 22 heavy (non-hydrogen) atoms. The summed E-state index contributed by atoms with van der Waals surface area (Å²) in [6.45, 7) is 3.41. The molecule has 5 nitrogen and oxygen atoms in total. The van der Waals surface area contributed by atoms with E-state index in [2.05, 4.69) is 16.1 Å². The molecular formula is C17H22N4O. The van der Waals surface area contributed by atoms with E-state index >= 15 is 0 Å². The van der Waals surface area contributed by atoms with Gasteiger partial charge in [0.25, 0.3) is 0 Å². The Balaban J connectivity index is 1.81. The van der Waals surface area contributed by atoms with E-state index in [0.29, 0.717) is 5.92 Å². The number of hydrogen-bond donors (Lipinski definition) is 0. The van der Waals surface area contributed by atoms with E-state index in [1.165, 1.54) is 12.0 Å². The van der Waals surface area contributed by atoms with E-state index in [1.807, 2.05) is 35.0 Å². The fourth-order valence-electron chi connectivity index (χ4n) is 3.27. The van der Waals surface area contributed by atoms with Crippen molar-refractivity contribution in [3.63, 3.8) is 0 Å². The van der Waals surface area contributed by atoms with E-state index in [-0.39, 0.29) is 5.91 Å². The molecule has 0 saturated carbocycles. The van der Waals surface area contributed by atoms with Gasteiger partial charge in [-0.2, -0.15) is 5.10 Å². The second kappa shape index (κ2) is 6.30. The van der Waals surface area contributed by atoms with Gasteiger partial charge in [-0.15, -0.1) is 0 Å². The summed E-state index contributed by atoms with van der Waals surface area (Å²) in [7, 11) is 1.94. The monoisotopic (exact) mass is 298 g/mol. The van der Waals surface area contributed by atoms with Crippen LogP contribution in [0.1, 0.15) is 25.3 Å². The first-order valence-corrected chi connectivity index (χ1v) is 7.83. The Bertz CT molecular complexity index is 664. The average molecular weight is 298 g/mol. The minimum absolute atomic E-state index is 0.183. The third-order valence-corrected chi connectivity index (χ3v) is 4.43. The molecule has 2 aromatic rings. The molecule has 1 amide bonds. The molecule has 1 aliphatic rings. The number of pyridine rings is 1.